The Hall–Kier alpha value is -3.30. The predicted octanol–water partition coefficient (Wildman–Crippen LogP) is 1.68. The van der Waals surface area contributed by atoms with E-state index in [1.165, 1.54) is 0 Å². The Morgan fingerprint density at radius 3 is 2.53 bits per heavy atom. The normalized spacial score (nSPS) is 15.5. The van der Waals surface area contributed by atoms with Crippen molar-refractivity contribution in [2.24, 2.45) is 0 Å². The highest BCUT2D eigenvalue weighted by atomic mass is 16.5. The zero-order valence-electron chi connectivity index (χ0n) is 16.7. The molecular formula is C21H24N6O3. The molecule has 3 aromatic rings. The molecule has 1 aliphatic heterocycles. The number of aromatic nitrogens is 4. The first-order chi connectivity index (χ1) is 14.7. The van der Waals surface area contributed by atoms with Gasteiger partial charge in [0, 0.05) is 30.8 Å². The van der Waals surface area contributed by atoms with Crippen LogP contribution < -0.4 is 10.1 Å². The summed E-state index contributed by atoms with van der Waals surface area (Å²) in [5, 5.41) is 16.9. The molecular weight excluding hydrogens is 384 g/mol. The highest BCUT2D eigenvalue weighted by molar-refractivity contribution is 5.94. The molecule has 30 heavy (non-hydrogen) atoms. The molecule has 156 valence electrons. The van der Waals surface area contributed by atoms with E-state index in [-0.39, 0.29) is 11.9 Å². The number of amides is 1. The van der Waals surface area contributed by atoms with E-state index < -0.39 is 0 Å². The van der Waals surface area contributed by atoms with Crippen LogP contribution in [0.5, 0.6) is 5.75 Å². The zero-order chi connectivity index (χ0) is 20.8. The van der Waals surface area contributed by atoms with Crippen LogP contribution in [0.2, 0.25) is 0 Å². The van der Waals surface area contributed by atoms with Crippen LogP contribution in [0, 0.1) is 0 Å². The number of carbonyl (C=O) groups is 1. The van der Waals surface area contributed by atoms with Gasteiger partial charge in [0.1, 0.15) is 5.75 Å². The molecule has 0 saturated carbocycles. The molecule has 2 N–H and O–H groups in total. The lowest BCUT2D eigenvalue weighted by atomic mass is 10.0. The summed E-state index contributed by atoms with van der Waals surface area (Å²) < 4.78 is 10.8. The van der Waals surface area contributed by atoms with Crippen molar-refractivity contribution in [1.82, 2.24) is 30.8 Å². The number of aromatic amines is 1. The van der Waals surface area contributed by atoms with Crippen LogP contribution in [0.4, 0.5) is 0 Å². The van der Waals surface area contributed by atoms with Gasteiger partial charge in [0.05, 0.1) is 26.4 Å². The third-order valence-electron chi connectivity index (χ3n) is 5.19. The van der Waals surface area contributed by atoms with E-state index in [2.05, 4.69) is 30.8 Å². The largest absolute Gasteiger partial charge is 0.497 e. The van der Waals surface area contributed by atoms with Crippen molar-refractivity contribution < 1.29 is 14.3 Å². The van der Waals surface area contributed by atoms with Crippen LogP contribution in [0.15, 0.2) is 48.5 Å². The number of H-pyrrole nitrogens is 1. The van der Waals surface area contributed by atoms with E-state index in [1.54, 1.807) is 19.2 Å². The number of methoxy groups -OCH3 is 1. The molecule has 1 saturated heterocycles. The molecule has 9 heteroatoms. The van der Waals surface area contributed by atoms with E-state index in [4.69, 9.17) is 9.47 Å². The lowest BCUT2D eigenvalue weighted by Gasteiger charge is -2.35. The number of hydrogen-bond donors (Lipinski definition) is 2. The quantitative estimate of drug-likeness (QED) is 0.613. The van der Waals surface area contributed by atoms with Crippen molar-refractivity contribution in [1.29, 1.82) is 0 Å². The molecule has 0 bridgehead atoms. The van der Waals surface area contributed by atoms with Gasteiger partial charge in [-0.3, -0.25) is 9.69 Å². The Kier molecular flexibility index (Phi) is 6.31. The topological polar surface area (TPSA) is 105 Å². The van der Waals surface area contributed by atoms with Crippen molar-refractivity contribution >= 4 is 5.91 Å². The third kappa shape index (κ3) is 4.64. The van der Waals surface area contributed by atoms with Crippen molar-refractivity contribution in [3.8, 4) is 17.1 Å². The van der Waals surface area contributed by atoms with E-state index in [0.29, 0.717) is 31.1 Å². The fourth-order valence-electron chi connectivity index (χ4n) is 3.52. The number of carbonyl (C=O) groups excluding carboxylic acids is 1. The van der Waals surface area contributed by atoms with Crippen LogP contribution in [0.1, 0.15) is 22.0 Å². The summed E-state index contributed by atoms with van der Waals surface area (Å²) in [6.07, 6.45) is 0. The molecule has 1 aliphatic rings. The van der Waals surface area contributed by atoms with Gasteiger partial charge in [-0.05, 0) is 35.0 Å². The number of morpholine rings is 1. The lowest BCUT2D eigenvalue weighted by molar-refractivity contribution is 0.0162. The number of rotatable bonds is 7. The maximum atomic E-state index is 12.7. The first kappa shape index (κ1) is 20.0. The van der Waals surface area contributed by atoms with Crippen molar-refractivity contribution in [3.63, 3.8) is 0 Å². The maximum absolute atomic E-state index is 12.7. The number of nitrogens with one attached hydrogen (secondary N) is 2. The fourth-order valence-corrected chi connectivity index (χ4v) is 3.52. The molecule has 0 spiro atoms. The summed E-state index contributed by atoms with van der Waals surface area (Å²) >= 11 is 0. The number of hydrogen-bond acceptors (Lipinski definition) is 7. The summed E-state index contributed by atoms with van der Waals surface area (Å²) in [5.74, 6) is 1.18. The SMILES string of the molecule is COc1ccc([C@H](CNC(=O)c2ccc(-c3nn[nH]n3)cc2)N2CCOCC2)cc1. The summed E-state index contributed by atoms with van der Waals surface area (Å²) in [6.45, 7) is 3.53. The number of nitrogens with zero attached hydrogens (tertiary/aromatic N) is 4. The van der Waals surface area contributed by atoms with Gasteiger partial charge in [-0.25, -0.2) is 0 Å². The van der Waals surface area contributed by atoms with Gasteiger partial charge in [0.2, 0.25) is 5.82 Å². The van der Waals surface area contributed by atoms with Crippen molar-refractivity contribution in [2.45, 2.75) is 6.04 Å². The van der Waals surface area contributed by atoms with Gasteiger partial charge >= 0.3 is 0 Å². The molecule has 1 atom stereocenters. The minimum absolute atomic E-state index is 0.0577. The predicted molar refractivity (Wildman–Crippen MR) is 110 cm³/mol. The van der Waals surface area contributed by atoms with Gasteiger partial charge in [0.25, 0.3) is 5.91 Å². The van der Waals surface area contributed by atoms with Crippen molar-refractivity contribution in [2.75, 3.05) is 40.0 Å². The minimum atomic E-state index is -0.124. The van der Waals surface area contributed by atoms with Crippen LogP contribution in [-0.4, -0.2) is 71.4 Å². The third-order valence-corrected chi connectivity index (χ3v) is 5.19. The van der Waals surface area contributed by atoms with Gasteiger partial charge in [-0.15, -0.1) is 10.2 Å². The Balaban J connectivity index is 1.45. The summed E-state index contributed by atoms with van der Waals surface area (Å²) in [4.78, 5) is 15.1. The molecule has 0 aliphatic carbocycles. The Morgan fingerprint density at radius 1 is 1.17 bits per heavy atom. The first-order valence-corrected chi connectivity index (χ1v) is 9.82. The number of ether oxygens (including phenoxy) is 2. The Morgan fingerprint density at radius 2 is 1.90 bits per heavy atom. The average molecular weight is 408 g/mol. The monoisotopic (exact) mass is 408 g/mol. The smallest absolute Gasteiger partial charge is 0.251 e. The second kappa shape index (κ2) is 9.47. The molecule has 2 heterocycles. The van der Waals surface area contributed by atoms with Gasteiger partial charge in [-0.1, -0.05) is 24.3 Å². The highest BCUT2D eigenvalue weighted by Crippen LogP contribution is 2.24. The molecule has 1 amide bonds. The van der Waals surface area contributed by atoms with Gasteiger partial charge in [-0.2, -0.15) is 5.21 Å². The van der Waals surface area contributed by atoms with Gasteiger partial charge < -0.3 is 14.8 Å². The summed E-state index contributed by atoms with van der Waals surface area (Å²) in [5.41, 5.74) is 2.51. The fraction of sp³-hybridized carbons (Fsp3) is 0.333. The van der Waals surface area contributed by atoms with E-state index in [9.17, 15) is 4.79 Å². The summed E-state index contributed by atoms with van der Waals surface area (Å²) in [6, 6.07) is 15.2. The van der Waals surface area contributed by atoms with Gasteiger partial charge in [0.15, 0.2) is 0 Å². The maximum Gasteiger partial charge on any atom is 0.251 e. The van der Waals surface area contributed by atoms with E-state index >= 15 is 0 Å². The average Bonchev–Trinajstić information content (AvgIpc) is 3.35. The van der Waals surface area contributed by atoms with Crippen LogP contribution in [-0.2, 0) is 4.74 Å². The van der Waals surface area contributed by atoms with Crippen LogP contribution in [0.25, 0.3) is 11.4 Å². The van der Waals surface area contributed by atoms with E-state index in [1.807, 2.05) is 36.4 Å². The minimum Gasteiger partial charge on any atom is -0.497 e. The Labute approximate surface area is 174 Å². The number of benzene rings is 2. The van der Waals surface area contributed by atoms with Crippen molar-refractivity contribution in [3.05, 3.63) is 59.7 Å². The van der Waals surface area contributed by atoms with Crippen LogP contribution >= 0.6 is 0 Å². The summed E-state index contributed by atoms with van der Waals surface area (Å²) in [7, 11) is 1.65. The standard InChI is InChI=1S/C21H24N6O3/c1-29-18-8-6-15(7-9-18)19(27-10-12-30-13-11-27)14-22-21(28)17-4-2-16(3-5-17)20-23-25-26-24-20/h2-9,19H,10-14H2,1H3,(H,22,28)(H,23,24,25,26)/t19-/m0/s1. The molecule has 1 fully saturated rings. The second-order valence-electron chi connectivity index (χ2n) is 6.96. The first-order valence-electron chi connectivity index (χ1n) is 9.82. The Bertz CT molecular complexity index is 938. The van der Waals surface area contributed by atoms with E-state index in [0.717, 1.165) is 30.0 Å². The highest BCUT2D eigenvalue weighted by Gasteiger charge is 2.23. The molecule has 0 unspecified atom stereocenters. The lowest BCUT2D eigenvalue weighted by Crippen LogP contribution is -2.43. The molecule has 0 radical (unpaired) electrons. The molecule has 1 aromatic heterocycles. The molecule has 9 nitrogen and oxygen atoms in total. The second-order valence-corrected chi connectivity index (χ2v) is 6.96. The van der Waals surface area contributed by atoms with Crippen LogP contribution in [0.3, 0.4) is 0 Å². The molecule has 4 rings (SSSR count). The number of tetrazole rings is 1. The molecule has 2 aromatic carbocycles. The zero-order valence-corrected chi connectivity index (χ0v) is 16.7.